The molecule has 100 valence electrons. The summed E-state index contributed by atoms with van der Waals surface area (Å²) in [6.45, 7) is 5.81. The Morgan fingerprint density at radius 3 is 2.00 bits per heavy atom. The first-order valence-electron chi connectivity index (χ1n) is 7.16. The first-order chi connectivity index (χ1) is 8.13. The van der Waals surface area contributed by atoms with Gasteiger partial charge in [0.15, 0.2) is 0 Å². The third kappa shape index (κ3) is 8.12. The Hall–Kier alpha value is -0.660. The third-order valence-corrected chi connectivity index (χ3v) is 3.25. The molecule has 0 aromatic heterocycles. The summed E-state index contributed by atoms with van der Waals surface area (Å²) >= 11 is 0. The van der Waals surface area contributed by atoms with E-state index in [9.17, 15) is 9.59 Å². The van der Waals surface area contributed by atoms with Crippen LogP contribution in [0.25, 0.3) is 0 Å². The zero-order valence-electron chi connectivity index (χ0n) is 11.8. The normalized spacial score (nSPS) is 12.4. The molecule has 0 spiro atoms. The highest BCUT2D eigenvalue weighted by Gasteiger charge is 2.21. The summed E-state index contributed by atoms with van der Waals surface area (Å²) in [6.07, 6.45) is 9.16. The monoisotopic (exact) mass is 240 g/mol. The Balaban J connectivity index is 3.90. The van der Waals surface area contributed by atoms with Crippen LogP contribution in [0.4, 0.5) is 0 Å². The number of ketones is 2. The van der Waals surface area contributed by atoms with Crippen molar-refractivity contribution < 1.29 is 9.59 Å². The maximum atomic E-state index is 11.8. The summed E-state index contributed by atoms with van der Waals surface area (Å²) in [4.78, 5) is 23.3. The Bertz CT molecular complexity index is 221. The van der Waals surface area contributed by atoms with Crippen molar-refractivity contribution in [3.05, 3.63) is 0 Å². The topological polar surface area (TPSA) is 34.1 Å². The van der Waals surface area contributed by atoms with Gasteiger partial charge in [-0.2, -0.15) is 0 Å². The van der Waals surface area contributed by atoms with Crippen molar-refractivity contribution in [1.29, 1.82) is 0 Å². The van der Waals surface area contributed by atoms with Gasteiger partial charge in [-0.15, -0.1) is 0 Å². The van der Waals surface area contributed by atoms with Crippen molar-refractivity contribution in [3.63, 3.8) is 0 Å². The van der Waals surface area contributed by atoms with Crippen LogP contribution >= 0.6 is 0 Å². The van der Waals surface area contributed by atoms with Crippen molar-refractivity contribution in [2.45, 2.75) is 78.6 Å². The molecule has 1 unspecified atom stereocenters. The number of hydrogen-bond acceptors (Lipinski definition) is 2. The molecule has 0 heterocycles. The van der Waals surface area contributed by atoms with E-state index in [1.165, 1.54) is 19.3 Å². The van der Waals surface area contributed by atoms with E-state index < -0.39 is 0 Å². The minimum Gasteiger partial charge on any atom is -0.299 e. The summed E-state index contributed by atoms with van der Waals surface area (Å²) in [5.41, 5.74) is 0. The second-order valence-corrected chi connectivity index (χ2v) is 4.94. The number of hydrogen-bond donors (Lipinski definition) is 0. The zero-order valence-corrected chi connectivity index (χ0v) is 11.8. The van der Waals surface area contributed by atoms with Crippen LogP contribution in [0.15, 0.2) is 0 Å². The average Bonchev–Trinajstić information content (AvgIpc) is 2.30. The lowest BCUT2D eigenvalue weighted by molar-refractivity contribution is -0.132. The van der Waals surface area contributed by atoms with Gasteiger partial charge in [0, 0.05) is 6.42 Å². The van der Waals surface area contributed by atoms with E-state index in [-0.39, 0.29) is 17.5 Å². The Morgan fingerprint density at radius 2 is 1.47 bits per heavy atom. The van der Waals surface area contributed by atoms with E-state index in [1.54, 1.807) is 6.92 Å². The lowest BCUT2D eigenvalue weighted by Crippen LogP contribution is -2.21. The zero-order chi connectivity index (χ0) is 13.1. The molecule has 1 atom stereocenters. The summed E-state index contributed by atoms with van der Waals surface area (Å²) in [6, 6.07) is 0. The van der Waals surface area contributed by atoms with E-state index in [4.69, 9.17) is 0 Å². The lowest BCUT2D eigenvalue weighted by atomic mass is 9.90. The highest BCUT2D eigenvalue weighted by atomic mass is 16.1. The number of unbranched alkanes of at least 4 members (excludes halogenated alkanes) is 5. The van der Waals surface area contributed by atoms with E-state index >= 15 is 0 Å². The largest absolute Gasteiger partial charge is 0.299 e. The third-order valence-electron chi connectivity index (χ3n) is 3.25. The molecule has 0 N–H and O–H groups in total. The first-order valence-corrected chi connectivity index (χ1v) is 7.16. The molecule has 0 aromatic rings. The molecule has 0 amide bonds. The van der Waals surface area contributed by atoms with Crippen molar-refractivity contribution >= 4 is 11.6 Å². The molecule has 0 rings (SSSR count). The Morgan fingerprint density at radius 1 is 0.882 bits per heavy atom. The minimum atomic E-state index is -0.317. The summed E-state index contributed by atoms with van der Waals surface area (Å²) in [5.74, 6) is -0.0976. The van der Waals surface area contributed by atoms with E-state index in [0.717, 1.165) is 32.1 Å². The highest BCUT2D eigenvalue weighted by molar-refractivity contribution is 6.01. The molecule has 0 aliphatic heterocycles. The molecular weight excluding hydrogens is 212 g/mol. The van der Waals surface area contributed by atoms with Crippen LogP contribution in [-0.2, 0) is 9.59 Å². The lowest BCUT2D eigenvalue weighted by Gasteiger charge is -2.12. The van der Waals surface area contributed by atoms with E-state index in [0.29, 0.717) is 6.42 Å². The molecule has 2 nitrogen and oxygen atoms in total. The fourth-order valence-corrected chi connectivity index (χ4v) is 2.07. The molecule has 0 bridgehead atoms. The van der Waals surface area contributed by atoms with Gasteiger partial charge in [-0.1, -0.05) is 52.4 Å². The Kier molecular flexibility index (Phi) is 10.1. The number of rotatable bonds is 11. The van der Waals surface area contributed by atoms with Gasteiger partial charge in [0.2, 0.25) is 0 Å². The smallest absolute Gasteiger partial charge is 0.143 e. The van der Waals surface area contributed by atoms with Gasteiger partial charge in [-0.3, -0.25) is 9.59 Å². The molecule has 17 heavy (non-hydrogen) atoms. The molecule has 0 fully saturated rings. The van der Waals surface area contributed by atoms with Crippen molar-refractivity contribution in [3.8, 4) is 0 Å². The van der Waals surface area contributed by atoms with Gasteiger partial charge in [0.05, 0.1) is 5.92 Å². The maximum absolute atomic E-state index is 11.8. The van der Waals surface area contributed by atoms with E-state index in [2.05, 4.69) is 13.8 Å². The van der Waals surface area contributed by atoms with Crippen LogP contribution in [0.1, 0.15) is 78.6 Å². The molecule has 0 saturated carbocycles. The molecule has 0 radical (unpaired) electrons. The van der Waals surface area contributed by atoms with Crippen molar-refractivity contribution in [2.24, 2.45) is 5.92 Å². The predicted octanol–water partition coefficient (Wildman–Crippen LogP) is 4.31. The number of carbonyl (C=O) groups is 2. The van der Waals surface area contributed by atoms with Gasteiger partial charge in [0.25, 0.3) is 0 Å². The van der Waals surface area contributed by atoms with Crippen molar-refractivity contribution in [1.82, 2.24) is 0 Å². The van der Waals surface area contributed by atoms with Crippen LogP contribution < -0.4 is 0 Å². The van der Waals surface area contributed by atoms with Crippen LogP contribution in [0.2, 0.25) is 0 Å². The summed E-state index contributed by atoms with van der Waals surface area (Å²) < 4.78 is 0. The maximum Gasteiger partial charge on any atom is 0.143 e. The average molecular weight is 240 g/mol. The standard InChI is InChI=1S/C15H28O2/c1-4-6-8-9-10-11-14(13(3)16)15(17)12-7-5-2/h14H,4-12H2,1-3H3. The van der Waals surface area contributed by atoms with Gasteiger partial charge >= 0.3 is 0 Å². The number of carbonyl (C=O) groups excluding carboxylic acids is 2. The molecular formula is C15H28O2. The van der Waals surface area contributed by atoms with Gasteiger partial charge < -0.3 is 0 Å². The fourth-order valence-electron chi connectivity index (χ4n) is 2.07. The summed E-state index contributed by atoms with van der Waals surface area (Å²) in [5, 5.41) is 0. The van der Waals surface area contributed by atoms with Crippen LogP contribution in [0.5, 0.6) is 0 Å². The van der Waals surface area contributed by atoms with Gasteiger partial charge in [-0.25, -0.2) is 0 Å². The van der Waals surface area contributed by atoms with Gasteiger partial charge in [0.1, 0.15) is 11.6 Å². The number of Topliss-reactive ketones (excluding diaryl/α,β-unsaturated/α-hetero) is 2. The molecule has 0 saturated heterocycles. The van der Waals surface area contributed by atoms with Crippen LogP contribution in [-0.4, -0.2) is 11.6 Å². The Labute approximate surface area is 106 Å². The van der Waals surface area contributed by atoms with Crippen molar-refractivity contribution in [2.75, 3.05) is 0 Å². The summed E-state index contributed by atoms with van der Waals surface area (Å²) in [7, 11) is 0. The second-order valence-electron chi connectivity index (χ2n) is 4.94. The highest BCUT2D eigenvalue weighted by Crippen LogP contribution is 2.16. The minimum absolute atomic E-state index is 0.0570. The molecule has 0 aliphatic rings. The molecule has 0 aliphatic carbocycles. The van der Waals surface area contributed by atoms with Crippen LogP contribution in [0, 0.1) is 5.92 Å². The first kappa shape index (κ1) is 16.3. The second kappa shape index (κ2) is 10.5. The van der Waals surface area contributed by atoms with Gasteiger partial charge in [-0.05, 0) is 19.8 Å². The predicted molar refractivity (Wildman–Crippen MR) is 72.1 cm³/mol. The fraction of sp³-hybridized carbons (Fsp3) is 0.867. The SMILES string of the molecule is CCCCCCCC(C(C)=O)C(=O)CCCC. The van der Waals surface area contributed by atoms with Crippen LogP contribution in [0.3, 0.4) is 0 Å². The van der Waals surface area contributed by atoms with E-state index in [1.807, 2.05) is 0 Å². The molecule has 0 aromatic carbocycles. The quantitative estimate of drug-likeness (QED) is 0.398. The molecule has 2 heteroatoms.